The average molecular weight is 519 g/mol. The fraction of sp³-hybridized carbons (Fsp3) is 1.00. The van der Waals surface area contributed by atoms with E-state index in [4.69, 9.17) is 25.0 Å². The lowest BCUT2D eigenvalue weighted by molar-refractivity contribution is -0.340. The second-order valence-electron chi connectivity index (χ2n) is 11.3. The summed E-state index contributed by atoms with van der Waals surface area (Å²) in [5.74, 6) is 0.617. The van der Waals surface area contributed by atoms with Crippen LogP contribution in [0.15, 0.2) is 4.74 Å². The van der Waals surface area contributed by atoms with Crippen molar-refractivity contribution in [2.45, 2.75) is 143 Å². The zero-order valence-electron chi connectivity index (χ0n) is 24.2. The van der Waals surface area contributed by atoms with Crippen LogP contribution in [0, 0.1) is 29.6 Å². The molecular weight excluding hydrogens is 465 g/mol. The number of hydrogen-bond acceptors (Lipinski definition) is 7. The van der Waals surface area contributed by atoms with E-state index in [1.165, 1.54) is 0 Å². The van der Waals surface area contributed by atoms with Crippen molar-refractivity contribution in [3.05, 3.63) is 0 Å². The molecule has 0 aromatic carbocycles. The molecule has 0 aliphatic carbocycles. The Labute approximate surface area is 216 Å². The monoisotopic (exact) mass is 518 g/mol. The molecule has 8 heteroatoms. The Morgan fingerprint density at radius 3 is 1.74 bits per heavy atom. The summed E-state index contributed by atoms with van der Waals surface area (Å²) < 4.78 is 44.6. The quantitative estimate of drug-likeness (QED) is 0.430. The molecule has 3 heterocycles. The molecule has 0 aromatic rings. The van der Waals surface area contributed by atoms with Crippen molar-refractivity contribution in [3.63, 3.8) is 0 Å². The molecule has 15 atom stereocenters. The van der Waals surface area contributed by atoms with Crippen LogP contribution < -0.4 is 0 Å². The summed E-state index contributed by atoms with van der Waals surface area (Å²) in [5, 5.41) is 10.6. The van der Waals surface area contributed by atoms with Gasteiger partial charge in [0.05, 0.1) is 48.8 Å². The van der Waals surface area contributed by atoms with E-state index >= 15 is 0 Å². The predicted octanol–water partition coefficient (Wildman–Crippen LogP) is 5.46. The summed E-state index contributed by atoms with van der Waals surface area (Å²) >= 11 is 0. The van der Waals surface area contributed by atoms with E-state index in [0.29, 0.717) is 0 Å². The van der Waals surface area contributed by atoms with Gasteiger partial charge in [0, 0.05) is 17.8 Å². The highest BCUT2D eigenvalue weighted by Crippen LogP contribution is 2.41. The minimum atomic E-state index is -0.470. The smallest absolute Gasteiger partial charge is 0.161 e. The predicted molar refractivity (Wildman–Crippen MR) is 139 cm³/mol. The van der Waals surface area contributed by atoms with Crippen LogP contribution in [0.25, 0.3) is 0 Å². The van der Waals surface area contributed by atoms with Gasteiger partial charge >= 0.3 is 0 Å². The molecule has 0 saturated carbocycles. The van der Waals surface area contributed by atoms with E-state index in [9.17, 15) is 5.11 Å². The molecule has 0 bridgehead atoms. The van der Waals surface area contributed by atoms with Gasteiger partial charge in [-0.1, -0.05) is 55.4 Å². The Hall–Kier alpha value is -0.140. The summed E-state index contributed by atoms with van der Waals surface area (Å²) in [4.78, 5) is 0. The largest absolute Gasteiger partial charge is 0.390 e. The molecule has 3 aliphatic heterocycles. The molecule has 3 aliphatic rings. The standard InChI is InChI=1S/C27H50NO6P/c1-10-19-23(29)13(4)15(6)26(31-19)33-24-14(5)16(7)27(32-21(24)12-3)34-25-17(8)22(28-35)18(9)30-20(25)11-2/h13-27,29,35H,10-12H2,1-9H3/t13-,14-,15?,16?,17-,18+,19?,20?,21?,22?,23+,24+,25+,26+,27+/m1/s1. The molecule has 35 heavy (non-hydrogen) atoms. The molecule has 6 unspecified atom stereocenters. The third-order valence-electron chi connectivity index (χ3n) is 9.16. The van der Waals surface area contributed by atoms with Crippen LogP contribution in [0.2, 0.25) is 0 Å². The Morgan fingerprint density at radius 1 is 0.714 bits per heavy atom. The molecule has 0 radical (unpaired) electrons. The van der Waals surface area contributed by atoms with Gasteiger partial charge in [-0.3, -0.25) is 4.74 Å². The lowest BCUT2D eigenvalue weighted by atomic mass is 9.81. The van der Waals surface area contributed by atoms with E-state index in [0.717, 1.165) is 19.3 Å². The maximum absolute atomic E-state index is 10.6. The molecule has 7 nitrogen and oxygen atoms in total. The Kier molecular flexibility index (Phi) is 10.0. The van der Waals surface area contributed by atoms with E-state index in [-0.39, 0.29) is 93.8 Å². The molecule has 0 aromatic heterocycles. The fourth-order valence-corrected chi connectivity index (χ4v) is 6.56. The summed E-state index contributed by atoms with van der Waals surface area (Å²) in [6.07, 6.45) is 0.544. The first kappa shape index (κ1) is 27.9. The van der Waals surface area contributed by atoms with Crippen molar-refractivity contribution in [3.8, 4) is 0 Å². The van der Waals surface area contributed by atoms with Gasteiger partial charge in [0.1, 0.15) is 1.28 Å². The van der Waals surface area contributed by atoms with Gasteiger partial charge in [-0.15, -0.1) is 0 Å². The first-order valence-electron chi connectivity index (χ1n) is 14.3. The van der Waals surface area contributed by atoms with Crippen molar-refractivity contribution >= 4 is 8.98 Å². The second-order valence-corrected chi connectivity index (χ2v) is 11.5. The van der Waals surface area contributed by atoms with Gasteiger partial charge in [-0.05, 0) is 47.0 Å². The molecule has 0 spiro atoms. The number of rotatable bonds is 8. The van der Waals surface area contributed by atoms with Crippen molar-refractivity contribution in [1.29, 1.82) is 1.28 Å². The topological polar surface area (TPSA) is 78.7 Å². The van der Waals surface area contributed by atoms with Crippen LogP contribution in [-0.2, 0) is 23.7 Å². The number of nitrogens with zero attached hydrogens (tertiary/aromatic N) is 1. The Morgan fingerprint density at radius 2 is 1.20 bits per heavy atom. The highest BCUT2D eigenvalue weighted by molar-refractivity contribution is 7.04. The molecule has 1 N–H and O–H groups in total. The lowest BCUT2D eigenvalue weighted by Crippen LogP contribution is -2.58. The number of aliphatic hydroxyl groups is 1. The molecule has 204 valence electrons. The van der Waals surface area contributed by atoms with E-state index in [1.54, 1.807) is 0 Å². The SMILES string of the molecule is [4H]/P=N\C1[C@H](C)OC(CC)[C@@H](O[C@@H]2OC(CC)[C@@H](O[C@@H]3OC(CC)[C@@H](O)[C@H](C)C3C)[C@H](C)C2C)[C@@H]1C. The normalized spacial score (nSPS) is 51.9. The van der Waals surface area contributed by atoms with Crippen LogP contribution in [0.5, 0.6) is 0 Å². The Balaban J connectivity index is 1.74. The van der Waals surface area contributed by atoms with Gasteiger partial charge < -0.3 is 28.8 Å². The van der Waals surface area contributed by atoms with Gasteiger partial charge in [-0.2, -0.15) is 0 Å². The van der Waals surface area contributed by atoms with E-state index in [1.807, 2.05) is 13.8 Å². The maximum atomic E-state index is 10.6. The highest BCUT2D eigenvalue weighted by Gasteiger charge is 2.49. The minimum Gasteiger partial charge on any atom is -0.390 e. The molecule has 3 fully saturated rings. The fourth-order valence-electron chi connectivity index (χ4n) is 6.17. The molecular formula is C27H50NO6P. The van der Waals surface area contributed by atoms with Crippen LogP contribution in [-0.4, -0.2) is 67.7 Å². The third kappa shape index (κ3) is 5.97. The van der Waals surface area contributed by atoms with Crippen molar-refractivity contribution < 1.29 is 28.8 Å². The zero-order valence-corrected chi connectivity index (χ0v) is 24.1. The van der Waals surface area contributed by atoms with E-state index in [2.05, 4.69) is 53.2 Å². The molecule has 3 saturated heterocycles. The van der Waals surface area contributed by atoms with Crippen LogP contribution in [0.3, 0.4) is 0 Å². The lowest BCUT2D eigenvalue weighted by Gasteiger charge is -2.50. The van der Waals surface area contributed by atoms with Gasteiger partial charge in [0.2, 0.25) is 0 Å². The average Bonchev–Trinajstić information content (AvgIpc) is 2.87. The van der Waals surface area contributed by atoms with E-state index < -0.39 is 6.10 Å². The summed E-state index contributed by atoms with van der Waals surface area (Å²) in [6.45, 7) is 19.1. The van der Waals surface area contributed by atoms with Crippen LogP contribution >= 0.6 is 8.98 Å². The number of aliphatic hydroxyl groups excluding tert-OH is 1. The number of ether oxygens (including phenoxy) is 5. The second kappa shape index (κ2) is 12.6. The van der Waals surface area contributed by atoms with Crippen molar-refractivity contribution in [2.24, 2.45) is 34.3 Å². The number of hydrogen-bond donors (Lipinski definition) is 1. The maximum Gasteiger partial charge on any atom is 0.161 e. The van der Waals surface area contributed by atoms with Gasteiger partial charge in [-0.25, -0.2) is 0 Å². The Bertz CT molecular complexity index is 714. The highest BCUT2D eigenvalue weighted by atomic mass is 31.0. The van der Waals surface area contributed by atoms with Gasteiger partial charge in [0.25, 0.3) is 0 Å². The van der Waals surface area contributed by atoms with Crippen molar-refractivity contribution in [2.75, 3.05) is 0 Å². The van der Waals surface area contributed by atoms with Crippen LogP contribution in [0.1, 0.15) is 81.6 Å². The minimum absolute atomic E-state index is 0.0283. The first-order valence-corrected chi connectivity index (χ1v) is 14.3. The molecule has 3 rings (SSSR count). The molecule has 0 amide bonds. The zero-order chi connectivity index (χ0) is 26.7. The van der Waals surface area contributed by atoms with Crippen molar-refractivity contribution in [1.82, 2.24) is 0 Å². The summed E-state index contributed by atoms with van der Waals surface area (Å²) in [5.41, 5.74) is 0. The van der Waals surface area contributed by atoms with Crippen LogP contribution in [0.4, 0.5) is 0 Å². The summed E-state index contributed by atoms with van der Waals surface area (Å²) in [7, 11) is 0.276. The first-order chi connectivity index (χ1) is 17.1. The van der Waals surface area contributed by atoms with Gasteiger partial charge in [0.15, 0.2) is 12.6 Å². The summed E-state index contributed by atoms with van der Waals surface area (Å²) in [6, 6.07) is -0.0693. The third-order valence-corrected chi connectivity index (χ3v) is 9.42.